The van der Waals surface area contributed by atoms with Crippen LogP contribution in [0.2, 0.25) is 0 Å². The molecule has 1 aromatic carbocycles. The van der Waals surface area contributed by atoms with E-state index in [2.05, 4.69) is 20.6 Å². The summed E-state index contributed by atoms with van der Waals surface area (Å²) in [6.45, 7) is 7.17. The smallest absolute Gasteiger partial charge is 0.241 e. The zero-order valence-corrected chi connectivity index (χ0v) is 17.9. The normalized spacial score (nSPS) is 11.7. The van der Waals surface area contributed by atoms with Crippen molar-refractivity contribution in [1.82, 2.24) is 20.5 Å². The Kier molecular flexibility index (Phi) is 8.00. The highest BCUT2D eigenvalue weighted by Gasteiger charge is 2.12. The average molecular weight is 398 g/mol. The Morgan fingerprint density at radius 3 is 2.38 bits per heavy atom. The Hall–Kier alpha value is -3.09. The van der Waals surface area contributed by atoms with Gasteiger partial charge in [-0.25, -0.2) is 9.98 Å². The molecular weight excluding hydrogens is 366 g/mol. The molecule has 0 aliphatic carbocycles. The quantitative estimate of drug-likeness (QED) is 0.555. The van der Waals surface area contributed by atoms with Crippen molar-refractivity contribution >= 4 is 11.9 Å². The highest BCUT2D eigenvalue weighted by molar-refractivity contribution is 5.86. The first-order valence-corrected chi connectivity index (χ1v) is 9.63. The molecule has 0 bridgehead atoms. The summed E-state index contributed by atoms with van der Waals surface area (Å²) in [5, 5.41) is 6.35. The van der Waals surface area contributed by atoms with Crippen LogP contribution in [0.25, 0.3) is 0 Å². The minimum absolute atomic E-state index is 0.0236. The van der Waals surface area contributed by atoms with Gasteiger partial charge < -0.3 is 20.3 Å². The number of carbonyl (C=O) groups excluding carboxylic acids is 1. The topological polar surface area (TPSA) is 78.9 Å². The molecule has 0 saturated heterocycles. The number of hydrogen-bond donors (Lipinski definition) is 2. The summed E-state index contributed by atoms with van der Waals surface area (Å²) in [7, 11) is 3.45. The minimum atomic E-state index is -0.288. The largest absolute Gasteiger partial charge is 0.472 e. The number of rotatable bonds is 7. The van der Waals surface area contributed by atoms with Crippen LogP contribution < -0.4 is 15.4 Å². The molecule has 1 amide bonds. The Morgan fingerprint density at radius 1 is 1.07 bits per heavy atom. The first-order valence-electron chi connectivity index (χ1n) is 9.63. The third-order valence-corrected chi connectivity index (χ3v) is 3.84. The molecule has 0 unspecified atom stereocenters. The van der Waals surface area contributed by atoms with E-state index in [1.165, 1.54) is 0 Å². The van der Waals surface area contributed by atoms with E-state index in [0.29, 0.717) is 24.9 Å². The van der Waals surface area contributed by atoms with Crippen LogP contribution >= 0.6 is 0 Å². The zero-order chi connectivity index (χ0) is 21.3. The molecule has 7 nitrogen and oxygen atoms in total. The van der Waals surface area contributed by atoms with Crippen molar-refractivity contribution in [1.29, 1.82) is 0 Å². The van der Waals surface area contributed by atoms with Crippen molar-refractivity contribution in [3.8, 4) is 5.88 Å². The van der Waals surface area contributed by atoms with Gasteiger partial charge >= 0.3 is 0 Å². The van der Waals surface area contributed by atoms with Crippen molar-refractivity contribution in [2.45, 2.75) is 39.5 Å². The fourth-order valence-electron chi connectivity index (χ4n) is 2.32. The second-order valence-electron chi connectivity index (χ2n) is 7.86. The number of hydrogen-bond acceptors (Lipinski definition) is 4. The van der Waals surface area contributed by atoms with Crippen molar-refractivity contribution < 1.29 is 9.53 Å². The van der Waals surface area contributed by atoms with Crippen molar-refractivity contribution in [3.05, 3.63) is 59.8 Å². The predicted molar refractivity (Wildman–Crippen MR) is 116 cm³/mol. The lowest BCUT2D eigenvalue weighted by molar-refractivity contribution is -0.127. The van der Waals surface area contributed by atoms with E-state index in [1.807, 2.05) is 63.2 Å². The fraction of sp³-hybridized carbons (Fsp3) is 0.409. The lowest BCUT2D eigenvalue weighted by Crippen LogP contribution is -2.42. The second-order valence-corrected chi connectivity index (χ2v) is 7.86. The lowest BCUT2D eigenvalue weighted by Gasteiger charge is -2.20. The lowest BCUT2D eigenvalue weighted by atomic mass is 10.2. The molecule has 0 radical (unpaired) electrons. The maximum Gasteiger partial charge on any atom is 0.241 e. The molecule has 0 aliphatic heterocycles. The van der Waals surface area contributed by atoms with Crippen LogP contribution in [0, 0.1) is 0 Å². The summed E-state index contributed by atoms with van der Waals surface area (Å²) < 4.78 is 5.74. The number of likely N-dealkylation sites (N-methyl/N-ethyl adjacent to an activating group) is 1. The van der Waals surface area contributed by atoms with Gasteiger partial charge in [0.25, 0.3) is 0 Å². The first-order chi connectivity index (χ1) is 13.7. The summed E-state index contributed by atoms with van der Waals surface area (Å²) in [5.41, 5.74) is 1.79. The molecule has 0 atom stereocenters. The summed E-state index contributed by atoms with van der Waals surface area (Å²) in [6.07, 6.45) is 1.75. The molecule has 2 N–H and O–H groups in total. The maximum atomic E-state index is 11.9. The Balaban J connectivity index is 2.01. The van der Waals surface area contributed by atoms with Crippen LogP contribution in [-0.4, -0.2) is 48.0 Å². The molecule has 0 aliphatic rings. The number of benzene rings is 1. The monoisotopic (exact) mass is 397 g/mol. The Bertz CT molecular complexity index is 796. The third kappa shape index (κ3) is 8.64. The average Bonchev–Trinajstić information content (AvgIpc) is 2.67. The van der Waals surface area contributed by atoms with E-state index in [4.69, 9.17) is 4.74 Å². The van der Waals surface area contributed by atoms with E-state index < -0.39 is 0 Å². The van der Waals surface area contributed by atoms with Crippen molar-refractivity contribution in [2.75, 3.05) is 20.6 Å². The van der Waals surface area contributed by atoms with Gasteiger partial charge in [0.1, 0.15) is 5.60 Å². The van der Waals surface area contributed by atoms with Gasteiger partial charge in [-0.1, -0.05) is 36.4 Å². The molecule has 0 saturated carbocycles. The predicted octanol–water partition coefficient (Wildman–Crippen LogP) is 2.58. The number of carbonyl (C=O) groups is 1. The number of pyridine rings is 1. The van der Waals surface area contributed by atoms with E-state index in [-0.39, 0.29) is 18.1 Å². The van der Waals surface area contributed by atoms with E-state index >= 15 is 0 Å². The second kappa shape index (κ2) is 10.5. The summed E-state index contributed by atoms with van der Waals surface area (Å²) in [6, 6.07) is 13.8. The molecule has 0 fully saturated rings. The van der Waals surface area contributed by atoms with Crippen molar-refractivity contribution in [3.63, 3.8) is 0 Å². The number of nitrogens with one attached hydrogen (secondary N) is 2. The minimum Gasteiger partial charge on any atom is -0.472 e. The Labute approximate surface area is 173 Å². The van der Waals surface area contributed by atoms with E-state index in [9.17, 15) is 4.79 Å². The number of guanidine groups is 1. The summed E-state index contributed by atoms with van der Waals surface area (Å²) in [4.78, 5) is 22.4. The van der Waals surface area contributed by atoms with Gasteiger partial charge in [0.15, 0.2) is 5.96 Å². The molecule has 156 valence electrons. The van der Waals surface area contributed by atoms with Crippen LogP contribution in [0.1, 0.15) is 31.9 Å². The fourth-order valence-corrected chi connectivity index (χ4v) is 2.32. The van der Waals surface area contributed by atoms with Crippen LogP contribution in [0.5, 0.6) is 5.88 Å². The molecule has 29 heavy (non-hydrogen) atoms. The van der Waals surface area contributed by atoms with Crippen LogP contribution in [-0.2, 0) is 17.9 Å². The Morgan fingerprint density at radius 2 is 1.79 bits per heavy atom. The molecule has 7 heteroatoms. The van der Waals surface area contributed by atoms with Gasteiger partial charge in [-0.15, -0.1) is 0 Å². The van der Waals surface area contributed by atoms with Gasteiger partial charge in [-0.2, -0.15) is 0 Å². The van der Waals surface area contributed by atoms with E-state index in [0.717, 1.165) is 11.1 Å². The molecule has 2 rings (SSSR count). The molecule has 2 aromatic rings. The third-order valence-electron chi connectivity index (χ3n) is 3.84. The number of amides is 1. The standard InChI is InChI=1S/C22H31N5O2/c1-22(2,3)29-19-12-11-18(14-23-19)15-25-21(26-16-20(28)27(4)5)24-13-17-9-7-6-8-10-17/h6-12,14H,13,15-16H2,1-5H3,(H2,24,25,26). The van der Waals surface area contributed by atoms with Gasteiger partial charge in [-0.3, -0.25) is 4.79 Å². The summed E-state index contributed by atoms with van der Waals surface area (Å²) >= 11 is 0. The zero-order valence-electron chi connectivity index (χ0n) is 17.9. The first kappa shape index (κ1) is 22.2. The SMILES string of the molecule is CN(C)C(=O)CNC(=NCc1ccc(OC(C)(C)C)nc1)NCc1ccccc1. The van der Waals surface area contributed by atoms with Gasteiger partial charge in [0, 0.05) is 32.9 Å². The van der Waals surface area contributed by atoms with Gasteiger partial charge in [0.2, 0.25) is 11.8 Å². The summed E-state index contributed by atoms with van der Waals surface area (Å²) in [5.74, 6) is 1.13. The van der Waals surface area contributed by atoms with Crippen molar-refractivity contribution in [2.24, 2.45) is 4.99 Å². The molecule has 0 spiro atoms. The number of aromatic nitrogens is 1. The molecule has 1 heterocycles. The number of aliphatic imine (C=N–C) groups is 1. The molecule has 1 aromatic heterocycles. The number of nitrogens with zero attached hydrogens (tertiary/aromatic N) is 3. The van der Waals surface area contributed by atoms with Crippen LogP contribution in [0.4, 0.5) is 0 Å². The molecular formula is C22H31N5O2. The number of ether oxygens (including phenoxy) is 1. The van der Waals surface area contributed by atoms with Crippen LogP contribution in [0.3, 0.4) is 0 Å². The van der Waals surface area contributed by atoms with E-state index in [1.54, 1.807) is 25.2 Å². The van der Waals surface area contributed by atoms with Gasteiger partial charge in [-0.05, 0) is 31.9 Å². The van der Waals surface area contributed by atoms with Gasteiger partial charge in [0.05, 0.1) is 13.1 Å². The highest BCUT2D eigenvalue weighted by Crippen LogP contribution is 2.15. The maximum absolute atomic E-state index is 11.9. The highest BCUT2D eigenvalue weighted by atomic mass is 16.5. The van der Waals surface area contributed by atoms with Crippen LogP contribution in [0.15, 0.2) is 53.7 Å².